The van der Waals surface area contributed by atoms with Gasteiger partial charge in [-0.25, -0.2) is 12.8 Å². The van der Waals surface area contributed by atoms with Crippen molar-refractivity contribution in [2.45, 2.75) is 51.2 Å². The van der Waals surface area contributed by atoms with Gasteiger partial charge in [0.05, 0.1) is 17.0 Å². The molecule has 0 spiro atoms. The molecule has 35 heavy (non-hydrogen) atoms. The fraction of sp³-hybridized carbons (Fsp3) is 0.417. The summed E-state index contributed by atoms with van der Waals surface area (Å²) in [6, 6.07) is 9.47. The Morgan fingerprint density at radius 3 is 2.37 bits per heavy atom. The first kappa shape index (κ1) is 27.2. The zero-order valence-electron chi connectivity index (χ0n) is 19.5. The Balaban J connectivity index is 1.90. The maximum absolute atomic E-state index is 13.7. The van der Waals surface area contributed by atoms with Crippen LogP contribution >= 0.6 is 23.2 Å². The molecular formula is C24H28Cl2FN3O4S. The smallest absolute Gasteiger partial charge is 0.244 e. The van der Waals surface area contributed by atoms with E-state index in [9.17, 15) is 22.4 Å². The highest BCUT2D eigenvalue weighted by atomic mass is 35.5. The number of nitrogens with one attached hydrogen (secondary N) is 1. The molecule has 2 amide bonds. The zero-order chi connectivity index (χ0) is 25.8. The van der Waals surface area contributed by atoms with Crippen LogP contribution in [0.15, 0.2) is 42.5 Å². The number of rotatable bonds is 9. The van der Waals surface area contributed by atoms with Gasteiger partial charge >= 0.3 is 0 Å². The maximum atomic E-state index is 13.7. The van der Waals surface area contributed by atoms with Crippen LogP contribution in [0.5, 0.6) is 0 Å². The van der Waals surface area contributed by atoms with Crippen molar-refractivity contribution in [3.63, 3.8) is 0 Å². The Hall–Kier alpha value is -2.36. The summed E-state index contributed by atoms with van der Waals surface area (Å²) in [6.07, 6.45) is 4.76. The van der Waals surface area contributed by atoms with Crippen molar-refractivity contribution >= 4 is 50.7 Å². The number of carbonyl (C=O) groups is 2. The van der Waals surface area contributed by atoms with Gasteiger partial charge in [0.25, 0.3) is 0 Å². The lowest BCUT2D eigenvalue weighted by atomic mass is 10.1. The number of hydrogen-bond acceptors (Lipinski definition) is 4. The minimum atomic E-state index is -3.94. The molecule has 1 aliphatic rings. The topological polar surface area (TPSA) is 86.8 Å². The molecule has 2 aromatic carbocycles. The molecule has 1 atom stereocenters. The molecule has 0 bridgehead atoms. The summed E-state index contributed by atoms with van der Waals surface area (Å²) in [7, 11) is -3.94. The van der Waals surface area contributed by atoms with Crippen molar-refractivity contribution < 1.29 is 22.4 Å². The molecule has 11 heteroatoms. The van der Waals surface area contributed by atoms with Crippen molar-refractivity contribution in [1.82, 2.24) is 10.2 Å². The molecule has 0 radical (unpaired) electrons. The normalized spacial score (nSPS) is 15.0. The summed E-state index contributed by atoms with van der Waals surface area (Å²) in [5.41, 5.74) is 0.645. The highest BCUT2D eigenvalue weighted by Crippen LogP contribution is 2.26. The molecule has 1 N–H and O–H groups in total. The summed E-state index contributed by atoms with van der Waals surface area (Å²) < 4.78 is 39.6. The van der Waals surface area contributed by atoms with E-state index in [0.717, 1.165) is 48.4 Å². The summed E-state index contributed by atoms with van der Waals surface area (Å²) >= 11 is 12.2. The fourth-order valence-corrected chi connectivity index (χ4v) is 5.25. The van der Waals surface area contributed by atoms with Gasteiger partial charge in [-0.3, -0.25) is 13.9 Å². The van der Waals surface area contributed by atoms with Crippen LogP contribution in [-0.2, 0) is 26.2 Å². The number of benzene rings is 2. The summed E-state index contributed by atoms with van der Waals surface area (Å²) in [6.45, 7) is 0.990. The molecule has 0 unspecified atom stereocenters. The van der Waals surface area contributed by atoms with Gasteiger partial charge in [0.1, 0.15) is 18.4 Å². The number of nitrogens with zero attached hydrogens (tertiary/aromatic N) is 2. The first-order valence-electron chi connectivity index (χ1n) is 11.2. The minimum absolute atomic E-state index is 0.000460. The summed E-state index contributed by atoms with van der Waals surface area (Å²) in [5.74, 6) is -1.66. The van der Waals surface area contributed by atoms with Crippen LogP contribution in [0, 0.1) is 5.82 Å². The molecule has 0 heterocycles. The zero-order valence-corrected chi connectivity index (χ0v) is 21.8. The monoisotopic (exact) mass is 543 g/mol. The first-order chi connectivity index (χ1) is 16.5. The molecule has 1 saturated carbocycles. The standard InChI is InChI=1S/C24H28Cl2FN3O4S/c1-16(24(32)28-18-8-4-5-9-18)29(14-17-7-3-6-10-20(17)25)23(31)15-30(35(2,33)34)19-11-12-22(27)21(26)13-19/h3,6-7,10-13,16,18H,4-5,8-9,14-15H2,1-2H3,(H,28,32)/t16-/m1/s1. The lowest BCUT2D eigenvalue weighted by molar-refractivity contribution is -0.139. The number of carbonyl (C=O) groups excluding carboxylic acids is 2. The molecule has 1 aliphatic carbocycles. The Bertz CT molecular complexity index is 1190. The van der Waals surface area contributed by atoms with Crippen LogP contribution in [0.1, 0.15) is 38.2 Å². The van der Waals surface area contributed by atoms with Gasteiger partial charge in [-0.05, 0) is 49.6 Å². The van der Waals surface area contributed by atoms with E-state index in [1.165, 1.54) is 11.0 Å². The van der Waals surface area contributed by atoms with Crippen LogP contribution in [0.25, 0.3) is 0 Å². The van der Waals surface area contributed by atoms with Crippen LogP contribution < -0.4 is 9.62 Å². The average molecular weight is 544 g/mol. The minimum Gasteiger partial charge on any atom is -0.352 e. The molecule has 2 aromatic rings. The van der Waals surface area contributed by atoms with Gasteiger partial charge in [0.2, 0.25) is 21.8 Å². The summed E-state index contributed by atoms with van der Waals surface area (Å²) in [5, 5.41) is 3.13. The third kappa shape index (κ3) is 7.08. The fourth-order valence-electron chi connectivity index (χ4n) is 4.04. The van der Waals surface area contributed by atoms with Crippen LogP contribution in [0.2, 0.25) is 10.0 Å². The molecule has 1 fully saturated rings. The SMILES string of the molecule is C[C@H](C(=O)NC1CCCC1)N(Cc1ccccc1Cl)C(=O)CN(c1ccc(F)c(Cl)c1)S(C)(=O)=O. The Labute approximate surface area is 215 Å². The van der Waals surface area contributed by atoms with E-state index in [4.69, 9.17) is 23.2 Å². The lowest BCUT2D eigenvalue weighted by Crippen LogP contribution is -2.52. The summed E-state index contributed by atoms with van der Waals surface area (Å²) in [4.78, 5) is 27.8. The maximum Gasteiger partial charge on any atom is 0.244 e. The molecule has 0 saturated heterocycles. The Morgan fingerprint density at radius 2 is 1.77 bits per heavy atom. The molecule has 3 rings (SSSR count). The predicted molar refractivity (Wildman–Crippen MR) is 135 cm³/mol. The van der Waals surface area contributed by atoms with Crippen molar-refractivity contribution in [2.24, 2.45) is 0 Å². The van der Waals surface area contributed by atoms with Gasteiger partial charge in [0.15, 0.2) is 0 Å². The lowest BCUT2D eigenvalue weighted by Gasteiger charge is -2.32. The van der Waals surface area contributed by atoms with Crippen molar-refractivity contribution in [3.8, 4) is 0 Å². The highest BCUT2D eigenvalue weighted by Gasteiger charge is 2.31. The second kappa shape index (κ2) is 11.6. The van der Waals surface area contributed by atoms with Crippen molar-refractivity contribution in [1.29, 1.82) is 0 Å². The van der Waals surface area contributed by atoms with E-state index < -0.39 is 34.3 Å². The van der Waals surface area contributed by atoms with Gasteiger partial charge in [0, 0.05) is 17.6 Å². The third-order valence-corrected chi connectivity index (χ3v) is 7.84. The quantitative estimate of drug-likeness (QED) is 0.508. The van der Waals surface area contributed by atoms with E-state index in [-0.39, 0.29) is 29.2 Å². The third-order valence-electron chi connectivity index (χ3n) is 6.04. The molecule has 190 valence electrons. The molecule has 0 aromatic heterocycles. The van der Waals surface area contributed by atoms with E-state index in [1.807, 2.05) is 0 Å². The Kier molecular flexibility index (Phi) is 9.01. The molecule has 7 nitrogen and oxygen atoms in total. The van der Waals surface area contributed by atoms with E-state index >= 15 is 0 Å². The van der Waals surface area contributed by atoms with Gasteiger partial charge in [-0.15, -0.1) is 0 Å². The highest BCUT2D eigenvalue weighted by molar-refractivity contribution is 7.92. The number of amides is 2. The second-order valence-corrected chi connectivity index (χ2v) is 11.4. The first-order valence-corrected chi connectivity index (χ1v) is 13.8. The number of hydrogen-bond donors (Lipinski definition) is 1. The van der Waals surface area contributed by atoms with Crippen LogP contribution in [0.4, 0.5) is 10.1 Å². The largest absolute Gasteiger partial charge is 0.352 e. The van der Waals surface area contributed by atoms with Gasteiger partial charge in [-0.1, -0.05) is 54.2 Å². The average Bonchev–Trinajstić information content (AvgIpc) is 3.30. The number of anilines is 1. The van der Waals surface area contributed by atoms with Crippen molar-refractivity contribution in [3.05, 3.63) is 63.9 Å². The van der Waals surface area contributed by atoms with Gasteiger partial charge in [-0.2, -0.15) is 0 Å². The number of halogens is 3. The second-order valence-electron chi connectivity index (χ2n) is 8.65. The van der Waals surface area contributed by atoms with Crippen molar-refractivity contribution in [2.75, 3.05) is 17.1 Å². The van der Waals surface area contributed by atoms with Crippen LogP contribution in [0.3, 0.4) is 0 Å². The Morgan fingerprint density at radius 1 is 1.11 bits per heavy atom. The van der Waals surface area contributed by atoms with Crippen LogP contribution in [-0.4, -0.2) is 50.0 Å². The number of sulfonamides is 1. The van der Waals surface area contributed by atoms with E-state index in [0.29, 0.717) is 10.6 Å². The molecular weight excluding hydrogens is 516 g/mol. The van der Waals surface area contributed by atoms with E-state index in [2.05, 4.69) is 5.32 Å². The van der Waals surface area contributed by atoms with Gasteiger partial charge < -0.3 is 10.2 Å². The van der Waals surface area contributed by atoms with E-state index in [1.54, 1.807) is 31.2 Å². The molecule has 0 aliphatic heterocycles. The predicted octanol–water partition coefficient (Wildman–Crippen LogP) is 4.37.